The minimum Gasteiger partial charge on any atom is -0.273 e. The quantitative estimate of drug-likeness (QED) is 0.794. The average Bonchev–Trinajstić information content (AvgIpc) is 2.89. The first-order valence-corrected chi connectivity index (χ1v) is 8.19. The molecule has 1 heterocycles. The molecule has 2 atom stereocenters. The summed E-state index contributed by atoms with van der Waals surface area (Å²) in [6.07, 6.45) is 2.33. The normalized spacial score (nSPS) is 21.0. The molecule has 0 unspecified atom stereocenters. The van der Waals surface area contributed by atoms with Crippen LogP contribution in [0.3, 0.4) is 0 Å². The first-order valence-electron chi connectivity index (χ1n) is 8.19. The van der Waals surface area contributed by atoms with Crippen molar-refractivity contribution in [3.05, 3.63) is 41.6 Å². The minimum atomic E-state index is -0.0111. The van der Waals surface area contributed by atoms with Crippen molar-refractivity contribution in [1.82, 2.24) is 9.78 Å². The van der Waals surface area contributed by atoms with Crippen LogP contribution in [0.5, 0.6) is 0 Å². The summed E-state index contributed by atoms with van der Waals surface area (Å²) in [6, 6.07) is 10.2. The highest BCUT2D eigenvalue weighted by atomic mass is 16.2. The van der Waals surface area contributed by atoms with E-state index < -0.39 is 0 Å². The largest absolute Gasteiger partial charge is 0.273 e. The van der Waals surface area contributed by atoms with Crippen molar-refractivity contribution in [2.75, 3.05) is 0 Å². The molecule has 0 radical (unpaired) electrons. The van der Waals surface area contributed by atoms with Crippen molar-refractivity contribution >= 4 is 5.91 Å². The van der Waals surface area contributed by atoms with E-state index in [0.29, 0.717) is 17.8 Å². The van der Waals surface area contributed by atoms with Crippen LogP contribution in [0, 0.1) is 5.92 Å². The second-order valence-electron chi connectivity index (χ2n) is 6.77. The van der Waals surface area contributed by atoms with Crippen LogP contribution in [-0.2, 0) is 0 Å². The lowest BCUT2D eigenvalue weighted by Gasteiger charge is -2.28. The minimum absolute atomic E-state index is 0.0111. The van der Waals surface area contributed by atoms with Gasteiger partial charge in [0, 0.05) is 24.0 Å². The third-order valence-electron chi connectivity index (χ3n) is 4.86. The lowest BCUT2D eigenvalue weighted by molar-refractivity contribution is 0.0922. The summed E-state index contributed by atoms with van der Waals surface area (Å²) in [5.41, 5.74) is 4.51. The zero-order valence-corrected chi connectivity index (χ0v) is 13.8. The van der Waals surface area contributed by atoms with Gasteiger partial charge in [0.1, 0.15) is 0 Å². The molecule has 0 aliphatic heterocycles. The van der Waals surface area contributed by atoms with Gasteiger partial charge in [-0.15, -0.1) is 0 Å². The Kier molecular flexibility index (Phi) is 3.90. The number of rotatable bonds is 2. The maximum atomic E-state index is 12.1. The van der Waals surface area contributed by atoms with Gasteiger partial charge in [0.05, 0.1) is 11.4 Å². The summed E-state index contributed by atoms with van der Waals surface area (Å²) in [5.74, 6) is 1.44. The summed E-state index contributed by atoms with van der Waals surface area (Å²) in [4.78, 5) is 12.1. The van der Waals surface area contributed by atoms with Crippen molar-refractivity contribution in [3.8, 4) is 11.3 Å². The van der Waals surface area contributed by atoms with Gasteiger partial charge in [-0.2, -0.15) is 9.78 Å². The Morgan fingerprint density at radius 3 is 2.50 bits per heavy atom. The van der Waals surface area contributed by atoms with Gasteiger partial charge < -0.3 is 0 Å². The molecule has 22 heavy (non-hydrogen) atoms. The lowest BCUT2D eigenvalue weighted by Crippen LogP contribution is -2.16. The molecule has 3 nitrogen and oxygen atoms in total. The van der Waals surface area contributed by atoms with Gasteiger partial charge in [-0.05, 0) is 24.7 Å². The van der Waals surface area contributed by atoms with Gasteiger partial charge >= 0.3 is 0 Å². The van der Waals surface area contributed by atoms with E-state index in [4.69, 9.17) is 5.10 Å². The standard InChI is InChI=1S/C19H24N2O/c1-12(2)16-11-10-13(3)17-18(16)20-21(14(4)22)19(17)15-8-6-5-7-9-15/h5-9,12-13,16H,10-11H2,1-4H3/t13-,16-/m0/s1. The van der Waals surface area contributed by atoms with E-state index in [2.05, 4.69) is 32.9 Å². The second kappa shape index (κ2) is 5.71. The highest BCUT2D eigenvalue weighted by molar-refractivity contribution is 5.83. The van der Waals surface area contributed by atoms with Crippen molar-refractivity contribution < 1.29 is 4.79 Å². The van der Waals surface area contributed by atoms with Crippen LogP contribution in [-0.4, -0.2) is 15.7 Å². The molecular formula is C19H24N2O. The Morgan fingerprint density at radius 2 is 1.91 bits per heavy atom. The fourth-order valence-electron chi connectivity index (χ4n) is 3.67. The van der Waals surface area contributed by atoms with Gasteiger partial charge in [-0.3, -0.25) is 4.79 Å². The van der Waals surface area contributed by atoms with Gasteiger partial charge in [-0.25, -0.2) is 0 Å². The molecular weight excluding hydrogens is 272 g/mol. The monoisotopic (exact) mass is 296 g/mol. The first-order chi connectivity index (χ1) is 10.5. The van der Waals surface area contributed by atoms with E-state index in [1.807, 2.05) is 18.2 Å². The van der Waals surface area contributed by atoms with Crippen LogP contribution in [0.1, 0.15) is 68.4 Å². The number of hydrogen-bond donors (Lipinski definition) is 0. The Morgan fingerprint density at radius 1 is 1.23 bits per heavy atom. The summed E-state index contributed by atoms with van der Waals surface area (Å²) in [6.45, 7) is 8.35. The van der Waals surface area contributed by atoms with Gasteiger partial charge in [0.25, 0.3) is 0 Å². The van der Waals surface area contributed by atoms with E-state index in [1.165, 1.54) is 12.0 Å². The third kappa shape index (κ3) is 2.39. The molecule has 3 rings (SSSR count). The molecule has 0 saturated carbocycles. The van der Waals surface area contributed by atoms with Gasteiger partial charge in [0.2, 0.25) is 5.91 Å². The van der Waals surface area contributed by atoms with E-state index >= 15 is 0 Å². The highest BCUT2D eigenvalue weighted by Crippen LogP contribution is 2.45. The Labute approximate surface area is 132 Å². The Hall–Kier alpha value is -1.90. The summed E-state index contributed by atoms with van der Waals surface area (Å²) >= 11 is 0. The fraction of sp³-hybridized carbons (Fsp3) is 0.474. The van der Waals surface area contributed by atoms with Crippen LogP contribution in [0.2, 0.25) is 0 Å². The Balaban J connectivity index is 2.27. The van der Waals surface area contributed by atoms with Crippen molar-refractivity contribution in [1.29, 1.82) is 0 Å². The summed E-state index contributed by atoms with van der Waals surface area (Å²) in [7, 11) is 0. The number of aromatic nitrogens is 2. The molecule has 0 saturated heterocycles. The molecule has 0 amide bonds. The molecule has 0 fully saturated rings. The number of benzene rings is 1. The molecule has 1 aliphatic carbocycles. The molecule has 0 bridgehead atoms. The smallest absolute Gasteiger partial charge is 0.244 e. The predicted octanol–water partition coefficient (Wildman–Crippen LogP) is 4.85. The number of hydrogen-bond acceptors (Lipinski definition) is 2. The molecule has 116 valence electrons. The highest BCUT2D eigenvalue weighted by Gasteiger charge is 2.34. The number of nitrogens with zero attached hydrogens (tertiary/aromatic N) is 2. The van der Waals surface area contributed by atoms with E-state index in [1.54, 1.807) is 11.6 Å². The van der Waals surface area contributed by atoms with Crippen LogP contribution in [0.15, 0.2) is 30.3 Å². The molecule has 1 aromatic heterocycles. The topological polar surface area (TPSA) is 34.9 Å². The Bertz CT molecular complexity index is 685. The summed E-state index contributed by atoms with van der Waals surface area (Å²) < 4.78 is 1.62. The van der Waals surface area contributed by atoms with Crippen LogP contribution in [0.25, 0.3) is 11.3 Å². The zero-order valence-electron chi connectivity index (χ0n) is 13.8. The third-order valence-corrected chi connectivity index (χ3v) is 4.86. The molecule has 1 aromatic carbocycles. The summed E-state index contributed by atoms with van der Waals surface area (Å²) in [5, 5.41) is 4.75. The van der Waals surface area contributed by atoms with Gasteiger partial charge in [-0.1, -0.05) is 51.1 Å². The van der Waals surface area contributed by atoms with Crippen molar-refractivity contribution in [2.45, 2.75) is 52.4 Å². The molecule has 0 spiro atoms. The van der Waals surface area contributed by atoms with Crippen molar-refractivity contribution in [2.24, 2.45) is 5.92 Å². The zero-order chi connectivity index (χ0) is 15.9. The van der Waals surface area contributed by atoms with Crippen LogP contribution in [0.4, 0.5) is 0 Å². The van der Waals surface area contributed by atoms with E-state index in [-0.39, 0.29) is 5.91 Å². The maximum Gasteiger partial charge on any atom is 0.244 e. The SMILES string of the molecule is CC(=O)n1nc2c(c1-c1ccccc1)[C@@H](C)CC[C@H]2C(C)C. The van der Waals surface area contributed by atoms with Gasteiger partial charge in [0.15, 0.2) is 0 Å². The van der Waals surface area contributed by atoms with Crippen LogP contribution < -0.4 is 0 Å². The van der Waals surface area contributed by atoms with Crippen molar-refractivity contribution in [3.63, 3.8) is 0 Å². The lowest BCUT2D eigenvalue weighted by atomic mass is 9.75. The average molecular weight is 296 g/mol. The molecule has 1 aliphatic rings. The van der Waals surface area contributed by atoms with E-state index in [9.17, 15) is 4.79 Å². The first kappa shape index (κ1) is 15.0. The maximum absolute atomic E-state index is 12.1. The molecule has 2 aromatic rings. The van der Waals surface area contributed by atoms with Crippen LogP contribution >= 0.6 is 0 Å². The second-order valence-corrected chi connectivity index (χ2v) is 6.77. The fourth-order valence-corrected chi connectivity index (χ4v) is 3.67. The molecule has 3 heteroatoms. The number of fused-ring (bicyclic) bond motifs is 1. The van der Waals surface area contributed by atoms with E-state index in [0.717, 1.165) is 23.4 Å². The predicted molar refractivity (Wildman–Crippen MR) is 89.2 cm³/mol. The number of carbonyl (C=O) groups excluding carboxylic acids is 1. The molecule has 0 N–H and O–H groups in total. The number of carbonyl (C=O) groups is 1.